The van der Waals surface area contributed by atoms with E-state index in [1.165, 1.54) is 30.5 Å². The van der Waals surface area contributed by atoms with E-state index in [0.717, 1.165) is 17.6 Å². The van der Waals surface area contributed by atoms with E-state index < -0.39 is 0 Å². The molecule has 1 amide bonds. The minimum Gasteiger partial charge on any atom is -0.312 e. The fraction of sp³-hybridized carbons (Fsp3) is 0.286. The molecule has 0 saturated heterocycles. The van der Waals surface area contributed by atoms with Crippen molar-refractivity contribution in [1.82, 2.24) is 15.0 Å². The van der Waals surface area contributed by atoms with E-state index >= 15 is 0 Å². The van der Waals surface area contributed by atoms with Crippen LogP contribution in [0.2, 0.25) is 0 Å². The highest BCUT2D eigenvalue weighted by Gasteiger charge is 2.20. The van der Waals surface area contributed by atoms with Crippen LogP contribution >= 0.6 is 28.3 Å². The van der Waals surface area contributed by atoms with Gasteiger partial charge in [-0.15, -0.1) is 33.4 Å². The van der Waals surface area contributed by atoms with Gasteiger partial charge < -0.3 is 4.57 Å². The van der Waals surface area contributed by atoms with Crippen LogP contribution in [0.5, 0.6) is 0 Å². The van der Waals surface area contributed by atoms with Gasteiger partial charge in [0.2, 0.25) is 4.80 Å². The van der Waals surface area contributed by atoms with Crippen LogP contribution in [0.25, 0.3) is 11.3 Å². The Morgan fingerprint density at radius 2 is 1.79 bits per heavy atom. The summed E-state index contributed by atoms with van der Waals surface area (Å²) < 4.78 is 2.31. The molecule has 1 N–H and O–H groups in total. The van der Waals surface area contributed by atoms with Gasteiger partial charge in [-0.05, 0) is 30.5 Å². The van der Waals surface area contributed by atoms with Crippen LogP contribution < -0.4 is 10.2 Å². The third-order valence-corrected chi connectivity index (χ3v) is 5.79. The summed E-state index contributed by atoms with van der Waals surface area (Å²) in [5, 5.41) is 6.61. The van der Waals surface area contributed by atoms with E-state index in [1.54, 1.807) is 35.9 Å². The number of nitrogens with zero attached hydrogens (tertiary/aromatic N) is 3. The van der Waals surface area contributed by atoms with Gasteiger partial charge >= 0.3 is 0 Å². The van der Waals surface area contributed by atoms with Gasteiger partial charge in [-0.1, -0.05) is 49.6 Å². The van der Waals surface area contributed by atoms with Crippen LogP contribution in [0.1, 0.15) is 48.5 Å². The molecule has 1 aromatic carbocycles. The molecule has 5 nitrogen and oxygen atoms in total. The zero-order chi connectivity index (χ0) is 18.5. The highest BCUT2D eigenvalue weighted by Crippen LogP contribution is 2.32. The average Bonchev–Trinajstić information content (AvgIpc) is 3.18. The second-order valence-electron chi connectivity index (χ2n) is 6.72. The van der Waals surface area contributed by atoms with Gasteiger partial charge in [0, 0.05) is 29.4 Å². The highest BCUT2D eigenvalue weighted by atomic mass is 79.9. The van der Waals surface area contributed by atoms with Crippen molar-refractivity contribution in [3.8, 4) is 11.3 Å². The summed E-state index contributed by atoms with van der Waals surface area (Å²) in [6.07, 6.45) is 9.30. The summed E-state index contributed by atoms with van der Waals surface area (Å²) in [5.41, 5.74) is 5.61. The quantitative estimate of drug-likeness (QED) is 0.562. The number of thiazole rings is 1. The van der Waals surface area contributed by atoms with Crippen molar-refractivity contribution in [1.29, 1.82) is 0 Å². The topological polar surface area (TPSA) is 59.3 Å². The number of hydrogen-bond acceptors (Lipinski definition) is 4. The number of halogens is 1. The third-order valence-electron chi connectivity index (χ3n) is 4.95. The first-order chi connectivity index (χ1) is 13.3. The molecular formula is C21H23BrN4OS. The molecule has 2 heterocycles. The van der Waals surface area contributed by atoms with Gasteiger partial charge in [0.1, 0.15) is 0 Å². The molecular weight excluding hydrogens is 436 g/mol. The zero-order valence-corrected chi connectivity index (χ0v) is 18.0. The standard InChI is InChI=1S/C21H22N4OS.BrH/c26-20(17-11-13-22-14-12-17)23-24-21-25(18-9-5-2-6-10-18)19(15-27-21)16-7-3-1-4-8-16;/h1,3-4,7-8,11-15,18H,2,5-6,9-10H2,(H,23,26);1H/b24-21+;. The van der Waals surface area contributed by atoms with E-state index in [0.29, 0.717) is 11.6 Å². The van der Waals surface area contributed by atoms with Gasteiger partial charge in [-0.3, -0.25) is 9.78 Å². The molecule has 0 radical (unpaired) electrons. The summed E-state index contributed by atoms with van der Waals surface area (Å²) in [5.74, 6) is -0.220. The first-order valence-electron chi connectivity index (χ1n) is 9.32. The van der Waals surface area contributed by atoms with E-state index in [4.69, 9.17) is 0 Å². The molecule has 1 aliphatic rings. The molecule has 0 unspecified atom stereocenters. The van der Waals surface area contributed by atoms with E-state index in [-0.39, 0.29) is 22.9 Å². The number of aromatic nitrogens is 2. The molecule has 28 heavy (non-hydrogen) atoms. The number of amides is 1. The predicted octanol–water partition coefficient (Wildman–Crippen LogP) is 4.94. The van der Waals surface area contributed by atoms with E-state index in [9.17, 15) is 4.79 Å². The number of pyridine rings is 1. The minimum absolute atomic E-state index is 0. The molecule has 1 saturated carbocycles. The molecule has 146 valence electrons. The van der Waals surface area contributed by atoms with Gasteiger partial charge in [0.15, 0.2) is 0 Å². The van der Waals surface area contributed by atoms with Crippen LogP contribution in [0, 0.1) is 0 Å². The largest absolute Gasteiger partial charge is 0.312 e. The van der Waals surface area contributed by atoms with Crippen molar-refractivity contribution in [3.05, 3.63) is 70.6 Å². The van der Waals surface area contributed by atoms with E-state index in [1.807, 2.05) is 6.07 Å². The van der Waals surface area contributed by atoms with Gasteiger partial charge in [0.25, 0.3) is 5.91 Å². The maximum Gasteiger partial charge on any atom is 0.271 e. The number of benzene rings is 1. The van der Waals surface area contributed by atoms with Crippen molar-refractivity contribution in [2.75, 3.05) is 0 Å². The Kier molecular flexibility index (Phi) is 7.17. The van der Waals surface area contributed by atoms with Crippen LogP contribution in [0.3, 0.4) is 0 Å². The normalized spacial score (nSPS) is 15.1. The van der Waals surface area contributed by atoms with Crippen molar-refractivity contribution < 1.29 is 4.79 Å². The lowest BCUT2D eigenvalue weighted by molar-refractivity contribution is 0.0952. The Bertz CT molecular complexity index is 963. The second-order valence-corrected chi connectivity index (χ2v) is 7.56. The second kappa shape index (κ2) is 9.80. The summed E-state index contributed by atoms with van der Waals surface area (Å²) in [7, 11) is 0. The average molecular weight is 459 g/mol. The molecule has 7 heteroatoms. The Morgan fingerprint density at radius 3 is 2.50 bits per heavy atom. The molecule has 1 fully saturated rings. The van der Waals surface area contributed by atoms with Crippen molar-refractivity contribution in [2.24, 2.45) is 5.10 Å². The molecule has 0 spiro atoms. The molecule has 1 aliphatic carbocycles. The summed E-state index contributed by atoms with van der Waals surface area (Å²) in [6.45, 7) is 0. The Morgan fingerprint density at radius 1 is 1.07 bits per heavy atom. The predicted molar refractivity (Wildman–Crippen MR) is 117 cm³/mol. The minimum atomic E-state index is -0.220. The Balaban J connectivity index is 0.00000225. The number of carbonyl (C=O) groups is 1. The van der Waals surface area contributed by atoms with Crippen LogP contribution in [0.4, 0.5) is 0 Å². The van der Waals surface area contributed by atoms with E-state index in [2.05, 4.69) is 49.7 Å². The molecule has 0 aliphatic heterocycles. The maximum absolute atomic E-state index is 12.3. The monoisotopic (exact) mass is 458 g/mol. The fourth-order valence-corrected chi connectivity index (χ4v) is 4.51. The highest BCUT2D eigenvalue weighted by molar-refractivity contribution is 8.93. The molecule has 2 aromatic heterocycles. The first-order valence-corrected chi connectivity index (χ1v) is 10.2. The van der Waals surface area contributed by atoms with Crippen LogP contribution in [-0.4, -0.2) is 15.5 Å². The van der Waals surface area contributed by atoms with Gasteiger partial charge in [0.05, 0.1) is 5.69 Å². The number of nitrogens with one attached hydrogen (secondary N) is 1. The number of carbonyl (C=O) groups excluding carboxylic acids is 1. The third kappa shape index (κ3) is 4.59. The number of rotatable bonds is 4. The lowest BCUT2D eigenvalue weighted by Gasteiger charge is -2.25. The molecule has 4 rings (SSSR count). The smallest absolute Gasteiger partial charge is 0.271 e. The van der Waals surface area contributed by atoms with Gasteiger partial charge in [-0.25, -0.2) is 5.43 Å². The van der Waals surface area contributed by atoms with Crippen molar-refractivity contribution >= 4 is 34.2 Å². The molecule has 0 bridgehead atoms. The summed E-state index contributed by atoms with van der Waals surface area (Å²) in [4.78, 5) is 17.1. The summed E-state index contributed by atoms with van der Waals surface area (Å²) in [6, 6.07) is 14.2. The molecule has 3 aromatic rings. The van der Waals surface area contributed by atoms with Crippen molar-refractivity contribution in [3.63, 3.8) is 0 Å². The first kappa shape index (κ1) is 20.5. The zero-order valence-electron chi connectivity index (χ0n) is 15.5. The maximum atomic E-state index is 12.3. The Hall–Kier alpha value is -2.25. The van der Waals surface area contributed by atoms with Gasteiger partial charge in [-0.2, -0.15) is 0 Å². The van der Waals surface area contributed by atoms with Crippen LogP contribution in [0.15, 0.2) is 65.3 Å². The van der Waals surface area contributed by atoms with Crippen LogP contribution in [-0.2, 0) is 0 Å². The van der Waals surface area contributed by atoms with Crippen molar-refractivity contribution in [2.45, 2.75) is 38.1 Å². The Labute approximate surface area is 178 Å². The number of hydrogen-bond donors (Lipinski definition) is 1. The fourth-order valence-electron chi connectivity index (χ4n) is 3.58. The lowest BCUT2D eigenvalue weighted by Crippen LogP contribution is -2.28. The lowest BCUT2D eigenvalue weighted by atomic mass is 9.95. The molecule has 0 atom stereocenters. The SMILES string of the molecule is Br.O=C(N/N=c1/scc(-c2ccccc2)n1C1CCCCC1)c1ccncc1. The summed E-state index contributed by atoms with van der Waals surface area (Å²) >= 11 is 1.57.